The molecule has 0 atom stereocenters. The normalized spacial score (nSPS) is 10.9. The first kappa shape index (κ1) is 20.5. The molecule has 1 amide bonds. The van der Waals surface area contributed by atoms with Crippen molar-refractivity contribution >= 4 is 33.5 Å². The maximum atomic E-state index is 12.3. The fourth-order valence-electron chi connectivity index (χ4n) is 2.02. The number of halogens is 1. The van der Waals surface area contributed by atoms with Gasteiger partial charge in [-0.25, -0.2) is 13.2 Å². The quantitative estimate of drug-likeness (QED) is 0.587. The highest BCUT2D eigenvalue weighted by molar-refractivity contribution is 7.89. The summed E-state index contributed by atoms with van der Waals surface area (Å²) in [7, 11) is -1.43. The van der Waals surface area contributed by atoms with Gasteiger partial charge in [-0.2, -0.15) is 0 Å². The van der Waals surface area contributed by atoms with E-state index >= 15 is 0 Å². The molecule has 0 aliphatic heterocycles. The Bertz CT molecular complexity index is 970. The second-order valence-electron chi connectivity index (χ2n) is 5.11. The molecule has 0 bridgehead atoms. The van der Waals surface area contributed by atoms with Gasteiger partial charge >= 0.3 is 5.97 Å². The Morgan fingerprint density at radius 1 is 1.04 bits per heavy atom. The Morgan fingerprint density at radius 2 is 1.63 bits per heavy atom. The first-order chi connectivity index (χ1) is 12.7. The Hall–Kier alpha value is -2.82. The van der Waals surface area contributed by atoms with Gasteiger partial charge in [0.05, 0.1) is 29.7 Å². The molecule has 3 N–H and O–H groups in total. The van der Waals surface area contributed by atoms with E-state index in [0.29, 0.717) is 11.5 Å². The van der Waals surface area contributed by atoms with Gasteiger partial charge in [-0.1, -0.05) is 11.6 Å². The zero-order chi connectivity index (χ0) is 20.2. The van der Waals surface area contributed by atoms with Crippen LogP contribution >= 0.6 is 11.6 Å². The number of hydrazine groups is 1. The average molecular weight is 415 g/mol. The van der Waals surface area contributed by atoms with Crippen LogP contribution in [0.1, 0.15) is 20.7 Å². The van der Waals surface area contributed by atoms with E-state index < -0.39 is 21.9 Å². The fraction of sp³-hybridized carbons (Fsp3) is 0.125. The van der Waals surface area contributed by atoms with E-state index in [2.05, 4.69) is 0 Å². The Balaban J connectivity index is 2.21. The van der Waals surface area contributed by atoms with Gasteiger partial charge in [-0.15, -0.1) is 4.83 Å². The molecular formula is C16H15ClN2O7S. The Morgan fingerprint density at radius 3 is 2.15 bits per heavy atom. The van der Waals surface area contributed by atoms with E-state index in [0.717, 1.165) is 18.2 Å². The van der Waals surface area contributed by atoms with Crippen LogP contribution in [0.15, 0.2) is 41.3 Å². The minimum absolute atomic E-state index is 0.0798. The molecule has 0 fully saturated rings. The first-order valence-electron chi connectivity index (χ1n) is 7.26. The van der Waals surface area contributed by atoms with E-state index in [1.54, 1.807) is 6.07 Å². The molecule has 144 valence electrons. The summed E-state index contributed by atoms with van der Waals surface area (Å²) in [5, 5.41) is 8.91. The fourth-order valence-corrected chi connectivity index (χ4v) is 3.08. The summed E-state index contributed by atoms with van der Waals surface area (Å²) in [6.45, 7) is 0. The molecule has 0 saturated heterocycles. The van der Waals surface area contributed by atoms with Gasteiger partial charge in [0.15, 0.2) is 0 Å². The van der Waals surface area contributed by atoms with Crippen LogP contribution in [0.25, 0.3) is 0 Å². The van der Waals surface area contributed by atoms with Crippen molar-refractivity contribution in [1.82, 2.24) is 10.3 Å². The molecule has 0 aliphatic carbocycles. The van der Waals surface area contributed by atoms with Gasteiger partial charge < -0.3 is 14.6 Å². The number of ether oxygens (including phenoxy) is 2. The highest BCUT2D eigenvalue weighted by Crippen LogP contribution is 2.23. The number of carboxylic acid groups (broad SMARTS) is 1. The third-order valence-corrected chi connectivity index (χ3v) is 4.97. The van der Waals surface area contributed by atoms with Crippen LogP contribution in [0.4, 0.5) is 0 Å². The number of methoxy groups -OCH3 is 2. The van der Waals surface area contributed by atoms with Crippen LogP contribution in [0.5, 0.6) is 11.5 Å². The van der Waals surface area contributed by atoms with Crippen molar-refractivity contribution in [2.24, 2.45) is 0 Å². The van der Waals surface area contributed by atoms with Crippen LogP contribution < -0.4 is 19.7 Å². The number of rotatable bonds is 7. The minimum atomic E-state index is -4.23. The summed E-state index contributed by atoms with van der Waals surface area (Å²) >= 11 is 5.72. The summed E-state index contributed by atoms with van der Waals surface area (Å²) < 4.78 is 34.7. The Kier molecular flexibility index (Phi) is 6.26. The van der Waals surface area contributed by atoms with Crippen molar-refractivity contribution < 1.29 is 32.6 Å². The van der Waals surface area contributed by atoms with Crippen LogP contribution in [-0.4, -0.2) is 39.6 Å². The highest BCUT2D eigenvalue weighted by Gasteiger charge is 2.20. The van der Waals surface area contributed by atoms with Gasteiger partial charge in [0.25, 0.3) is 15.9 Å². The van der Waals surface area contributed by atoms with E-state index in [9.17, 15) is 18.0 Å². The number of carbonyl (C=O) groups excluding carboxylic acids is 1. The number of amides is 1. The maximum absolute atomic E-state index is 12.3. The lowest BCUT2D eigenvalue weighted by Crippen LogP contribution is -2.41. The molecule has 9 nitrogen and oxygen atoms in total. The summed E-state index contributed by atoms with van der Waals surface area (Å²) in [5.74, 6) is -1.48. The van der Waals surface area contributed by atoms with Gasteiger partial charge in [0.1, 0.15) is 11.5 Å². The number of carbonyl (C=O) groups is 2. The summed E-state index contributed by atoms with van der Waals surface area (Å²) in [4.78, 5) is 24.8. The largest absolute Gasteiger partial charge is 0.497 e. The molecule has 0 aliphatic rings. The molecule has 2 aromatic rings. The maximum Gasteiger partial charge on any atom is 0.337 e. The number of hydrogen-bond acceptors (Lipinski definition) is 6. The van der Waals surface area contributed by atoms with E-state index in [-0.39, 0.29) is 21.0 Å². The molecule has 0 aromatic heterocycles. The van der Waals surface area contributed by atoms with Crippen LogP contribution in [0.2, 0.25) is 5.02 Å². The number of hydrogen-bond donors (Lipinski definition) is 3. The third kappa shape index (κ3) is 4.88. The van der Waals surface area contributed by atoms with Crippen LogP contribution in [0, 0.1) is 0 Å². The monoisotopic (exact) mass is 414 g/mol. The summed E-state index contributed by atoms with van der Waals surface area (Å²) in [6, 6.07) is 7.44. The molecule has 0 heterocycles. The van der Waals surface area contributed by atoms with E-state index in [4.69, 9.17) is 26.2 Å². The number of benzene rings is 2. The molecule has 11 heteroatoms. The number of carboxylic acids is 1. The van der Waals surface area contributed by atoms with E-state index in [1.807, 2.05) is 10.3 Å². The smallest absolute Gasteiger partial charge is 0.337 e. The SMILES string of the molecule is COc1cc(OC)cc(C(=O)NNS(=O)(=O)c2ccc(Cl)c(C(=O)O)c2)c1. The second kappa shape index (κ2) is 8.25. The molecule has 2 aromatic carbocycles. The van der Waals surface area contributed by atoms with Crippen molar-refractivity contribution in [3.63, 3.8) is 0 Å². The molecule has 0 spiro atoms. The van der Waals surface area contributed by atoms with Crippen molar-refractivity contribution in [2.75, 3.05) is 14.2 Å². The highest BCUT2D eigenvalue weighted by atomic mass is 35.5. The molecule has 2 rings (SSSR count). The van der Waals surface area contributed by atoms with Crippen molar-refractivity contribution in [3.05, 3.63) is 52.5 Å². The predicted octanol–water partition coefficient (Wildman–Crippen LogP) is 1.68. The molecule has 27 heavy (non-hydrogen) atoms. The van der Waals surface area contributed by atoms with Gasteiger partial charge in [-0.3, -0.25) is 10.2 Å². The molecule has 0 saturated carbocycles. The van der Waals surface area contributed by atoms with Crippen LogP contribution in [0.3, 0.4) is 0 Å². The third-order valence-electron chi connectivity index (χ3n) is 3.39. The number of aromatic carboxylic acids is 1. The lowest BCUT2D eigenvalue weighted by molar-refractivity contribution is 0.0696. The van der Waals surface area contributed by atoms with Crippen molar-refractivity contribution in [1.29, 1.82) is 0 Å². The van der Waals surface area contributed by atoms with Gasteiger partial charge in [0.2, 0.25) is 0 Å². The summed E-state index contributed by atoms with van der Waals surface area (Å²) in [5.41, 5.74) is 1.73. The Labute approximate surface area is 159 Å². The number of nitrogens with one attached hydrogen (secondary N) is 2. The van der Waals surface area contributed by atoms with Crippen LogP contribution in [-0.2, 0) is 10.0 Å². The molecule has 0 unspecified atom stereocenters. The van der Waals surface area contributed by atoms with Crippen molar-refractivity contribution in [3.8, 4) is 11.5 Å². The topological polar surface area (TPSA) is 131 Å². The average Bonchev–Trinajstić information content (AvgIpc) is 2.65. The lowest BCUT2D eigenvalue weighted by Gasteiger charge is -2.11. The molecular weight excluding hydrogens is 400 g/mol. The minimum Gasteiger partial charge on any atom is -0.497 e. The first-order valence-corrected chi connectivity index (χ1v) is 9.12. The zero-order valence-corrected chi connectivity index (χ0v) is 15.7. The van der Waals surface area contributed by atoms with Gasteiger partial charge in [-0.05, 0) is 30.3 Å². The number of sulfonamides is 1. The van der Waals surface area contributed by atoms with Gasteiger partial charge in [0, 0.05) is 11.6 Å². The summed E-state index contributed by atoms with van der Waals surface area (Å²) in [6.07, 6.45) is 0. The zero-order valence-electron chi connectivity index (χ0n) is 14.1. The van der Waals surface area contributed by atoms with Crippen molar-refractivity contribution in [2.45, 2.75) is 4.90 Å². The standard InChI is InChI=1S/C16H15ClN2O7S/c1-25-10-5-9(6-11(7-10)26-2)15(20)18-19-27(23,24)12-3-4-14(17)13(8-12)16(21)22/h3-8,19H,1-2H3,(H,18,20)(H,21,22). The second-order valence-corrected chi connectivity index (χ2v) is 7.20. The van der Waals surface area contributed by atoms with E-state index in [1.165, 1.54) is 26.4 Å². The molecule has 0 radical (unpaired) electrons. The lowest BCUT2D eigenvalue weighted by atomic mass is 10.2. The predicted molar refractivity (Wildman–Crippen MR) is 95.7 cm³/mol.